The summed E-state index contributed by atoms with van der Waals surface area (Å²) >= 11 is 5.80. The van der Waals surface area contributed by atoms with E-state index in [2.05, 4.69) is 0 Å². The topological polar surface area (TPSA) is 52.3 Å². The van der Waals surface area contributed by atoms with Gasteiger partial charge in [-0.15, -0.1) is 0 Å². The average Bonchev–Trinajstić information content (AvgIpc) is 2.21. The molecule has 1 unspecified atom stereocenters. The summed E-state index contributed by atoms with van der Waals surface area (Å²) in [6.45, 7) is 3.80. The van der Waals surface area contributed by atoms with E-state index in [4.69, 9.17) is 22.1 Å². The van der Waals surface area contributed by atoms with Crippen LogP contribution in [-0.4, -0.2) is 12.1 Å². The second kappa shape index (κ2) is 5.03. The van der Waals surface area contributed by atoms with E-state index >= 15 is 0 Å². The van der Waals surface area contributed by atoms with Crippen molar-refractivity contribution in [1.29, 1.82) is 0 Å². The zero-order chi connectivity index (χ0) is 11.4. The van der Waals surface area contributed by atoms with Gasteiger partial charge in [-0.25, -0.2) is 4.79 Å². The first kappa shape index (κ1) is 11.9. The van der Waals surface area contributed by atoms with Crippen LogP contribution in [-0.2, 0) is 4.74 Å². The average molecular weight is 228 g/mol. The fraction of sp³-hybridized carbons (Fsp3) is 0.364. The number of nitrogen functional groups attached to an aromatic ring is 1. The number of hydrogen-bond donors (Lipinski definition) is 1. The molecule has 1 atom stereocenters. The normalized spacial score (nSPS) is 12.2. The second-order valence-electron chi connectivity index (χ2n) is 3.36. The molecule has 0 aromatic heterocycles. The molecule has 0 aliphatic carbocycles. The minimum atomic E-state index is -0.369. The van der Waals surface area contributed by atoms with Crippen LogP contribution in [0, 0.1) is 0 Å². The van der Waals surface area contributed by atoms with Gasteiger partial charge >= 0.3 is 5.97 Å². The van der Waals surface area contributed by atoms with Gasteiger partial charge in [-0.2, -0.15) is 0 Å². The predicted octanol–water partition coefficient (Wildman–Crippen LogP) is 2.88. The van der Waals surface area contributed by atoms with E-state index in [0.717, 1.165) is 6.42 Å². The van der Waals surface area contributed by atoms with Crippen molar-refractivity contribution in [2.75, 3.05) is 5.73 Å². The van der Waals surface area contributed by atoms with Crippen molar-refractivity contribution in [3.05, 3.63) is 28.8 Å². The van der Waals surface area contributed by atoms with E-state index in [-0.39, 0.29) is 12.1 Å². The maximum absolute atomic E-state index is 11.6. The molecule has 0 saturated carbocycles. The van der Waals surface area contributed by atoms with Gasteiger partial charge in [-0.1, -0.05) is 18.5 Å². The van der Waals surface area contributed by atoms with Crippen LogP contribution in [0.5, 0.6) is 0 Å². The standard InChI is InChI=1S/C11H14ClNO2/c1-3-7(2)15-11(14)8-4-5-10(13)9(12)6-8/h4-7H,3,13H2,1-2H3. The molecular formula is C11H14ClNO2. The Balaban J connectivity index is 2.78. The number of carbonyl (C=O) groups excluding carboxylic acids is 1. The highest BCUT2D eigenvalue weighted by molar-refractivity contribution is 6.33. The number of rotatable bonds is 3. The summed E-state index contributed by atoms with van der Waals surface area (Å²) in [5, 5.41) is 0.369. The molecular weight excluding hydrogens is 214 g/mol. The summed E-state index contributed by atoms with van der Waals surface area (Å²) in [4.78, 5) is 11.6. The number of esters is 1. The molecule has 0 fully saturated rings. The Morgan fingerprint density at radius 1 is 1.60 bits per heavy atom. The van der Waals surface area contributed by atoms with Gasteiger partial charge in [0.2, 0.25) is 0 Å². The highest BCUT2D eigenvalue weighted by Crippen LogP contribution is 2.20. The summed E-state index contributed by atoms with van der Waals surface area (Å²) in [5.74, 6) is -0.369. The fourth-order valence-electron chi connectivity index (χ4n) is 0.988. The van der Waals surface area contributed by atoms with Crippen molar-refractivity contribution in [1.82, 2.24) is 0 Å². The monoisotopic (exact) mass is 227 g/mol. The van der Waals surface area contributed by atoms with E-state index in [1.54, 1.807) is 12.1 Å². The smallest absolute Gasteiger partial charge is 0.338 e. The highest BCUT2D eigenvalue weighted by Gasteiger charge is 2.11. The van der Waals surface area contributed by atoms with Crippen LogP contribution in [0.25, 0.3) is 0 Å². The van der Waals surface area contributed by atoms with Gasteiger partial charge < -0.3 is 10.5 Å². The van der Waals surface area contributed by atoms with E-state index in [1.807, 2.05) is 13.8 Å². The largest absolute Gasteiger partial charge is 0.459 e. The first-order valence-electron chi connectivity index (χ1n) is 4.80. The Kier molecular flexibility index (Phi) is 3.97. The molecule has 0 saturated heterocycles. The van der Waals surface area contributed by atoms with E-state index in [0.29, 0.717) is 16.3 Å². The Bertz CT molecular complexity index is 366. The first-order chi connectivity index (χ1) is 7.04. The summed E-state index contributed by atoms with van der Waals surface area (Å²) < 4.78 is 5.14. The number of benzene rings is 1. The number of carbonyl (C=O) groups is 1. The van der Waals surface area contributed by atoms with Crippen molar-refractivity contribution in [2.45, 2.75) is 26.4 Å². The van der Waals surface area contributed by atoms with Crippen molar-refractivity contribution in [3.8, 4) is 0 Å². The molecule has 0 amide bonds. The third-order valence-corrected chi connectivity index (χ3v) is 2.45. The number of hydrogen-bond acceptors (Lipinski definition) is 3. The van der Waals surface area contributed by atoms with E-state index < -0.39 is 0 Å². The maximum atomic E-state index is 11.6. The zero-order valence-electron chi connectivity index (χ0n) is 8.79. The third kappa shape index (κ3) is 3.13. The minimum Gasteiger partial charge on any atom is -0.459 e. The van der Waals surface area contributed by atoms with Crippen LogP contribution in [0.3, 0.4) is 0 Å². The molecule has 3 nitrogen and oxygen atoms in total. The maximum Gasteiger partial charge on any atom is 0.338 e. The van der Waals surface area contributed by atoms with Gasteiger partial charge in [0, 0.05) is 0 Å². The summed E-state index contributed by atoms with van der Waals surface area (Å²) in [5.41, 5.74) is 6.41. The molecule has 4 heteroatoms. The van der Waals surface area contributed by atoms with Crippen LogP contribution < -0.4 is 5.73 Å². The summed E-state index contributed by atoms with van der Waals surface area (Å²) in [6.07, 6.45) is 0.697. The highest BCUT2D eigenvalue weighted by atomic mass is 35.5. The molecule has 1 rings (SSSR count). The summed E-state index contributed by atoms with van der Waals surface area (Å²) in [7, 11) is 0. The molecule has 0 aliphatic heterocycles. The van der Waals surface area contributed by atoms with Gasteiger partial charge in [-0.05, 0) is 31.5 Å². The first-order valence-corrected chi connectivity index (χ1v) is 5.18. The molecule has 1 aromatic carbocycles. The molecule has 1 aromatic rings. The minimum absolute atomic E-state index is 0.0890. The van der Waals surface area contributed by atoms with Gasteiger partial charge in [0.25, 0.3) is 0 Å². The van der Waals surface area contributed by atoms with Gasteiger partial charge in [0.15, 0.2) is 0 Å². The Hall–Kier alpha value is -1.22. The third-order valence-electron chi connectivity index (χ3n) is 2.12. The lowest BCUT2D eigenvalue weighted by Gasteiger charge is -2.11. The SMILES string of the molecule is CCC(C)OC(=O)c1ccc(N)c(Cl)c1. The summed E-state index contributed by atoms with van der Waals surface area (Å²) in [6, 6.07) is 4.71. The molecule has 82 valence electrons. The zero-order valence-corrected chi connectivity index (χ0v) is 9.54. The van der Waals surface area contributed by atoms with Crippen molar-refractivity contribution in [3.63, 3.8) is 0 Å². The van der Waals surface area contributed by atoms with Gasteiger partial charge in [-0.3, -0.25) is 0 Å². The number of nitrogens with two attached hydrogens (primary N) is 1. The molecule has 0 bridgehead atoms. The van der Waals surface area contributed by atoms with Crippen LogP contribution in [0.4, 0.5) is 5.69 Å². The van der Waals surface area contributed by atoms with E-state index in [1.165, 1.54) is 6.07 Å². The van der Waals surface area contributed by atoms with Crippen LogP contribution in [0.2, 0.25) is 5.02 Å². The van der Waals surface area contributed by atoms with Crippen LogP contribution in [0.15, 0.2) is 18.2 Å². The molecule has 0 heterocycles. The molecule has 15 heavy (non-hydrogen) atoms. The molecule has 0 radical (unpaired) electrons. The van der Waals surface area contributed by atoms with E-state index in [9.17, 15) is 4.79 Å². The Morgan fingerprint density at radius 2 is 2.27 bits per heavy atom. The quantitative estimate of drug-likeness (QED) is 0.638. The lowest BCUT2D eigenvalue weighted by molar-refractivity contribution is 0.0334. The van der Waals surface area contributed by atoms with Crippen LogP contribution in [0.1, 0.15) is 30.6 Å². The van der Waals surface area contributed by atoms with Crippen molar-refractivity contribution in [2.24, 2.45) is 0 Å². The molecule has 0 spiro atoms. The lowest BCUT2D eigenvalue weighted by atomic mass is 10.2. The van der Waals surface area contributed by atoms with Crippen LogP contribution >= 0.6 is 11.6 Å². The van der Waals surface area contributed by atoms with Crippen molar-refractivity contribution >= 4 is 23.3 Å². The second-order valence-corrected chi connectivity index (χ2v) is 3.77. The Morgan fingerprint density at radius 3 is 2.80 bits per heavy atom. The Labute approximate surface area is 94.2 Å². The molecule has 0 aliphatic rings. The predicted molar refractivity (Wildman–Crippen MR) is 61.0 cm³/mol. The lowest BCUT2D eigenvalue weighted by Crippen LogP contribution is -2.14. The van der Waals surface area contributed by atoms with Crippen molar-refractivity contribution < 1.29 is 9.53 Å². The number of anilines is 1. The number of halogens is 1. The van der Waals surface area contributed by atoms with Gasteiger partial charge in [0.05, 0.1) is 22.4 Å². The fourth-order valence-corrected chi connectivity index (χ4v) is 1.17. The molecule has 2 N–H and O–H groups in total. The number of ether oxygens (including phenoxy) is 1. The van der Waals surface area contributed by atoms with Gasteiger partial charge in [0.1, 0.15) is 0 Å².